The van der Waals surface area contributed by atoms with Crippen LogP contribution in [0.1, 0.15) is 61.2 Å². The van der Waals surface area contributed by atoms with E-state index in [4.69, 9.17) is 0 Å². The fourth-order valence-electron chi connectivity index (χ4n) is 4.74. The Morgan fingerprint density at radius 1 is 0.514 bits per heavy atom. The van der Waals surface area contributed by atoms with Gasteiger partial charge >= 0.3 is 0 Å². The number of carbonyl (C=O) groups excluding carboxylic acids is 4. The molecular weight excluding hydrogens is 462 g/mol. The van der Waals surface area contributed by atoms with Crippen molar-refractivity contribution in [1.29, 1.82) is 0 Å². The first kappa shape index (κ1) is 24.1. The molecule has 1 heterocycles. The molecule has 0 unspecified atom stereocenters. The minimum Gasteiger partial charge on any atom is -0.341 e. The molecule has 0 amide bonds. The maximum Gasteiger partial charge on any atom is 0.170 e. The quantitative estimate of drug-likeness (QED) is 0.171. The lowest BCUT2D eigenvalue weighted by molar-refractivity contribution is 0.0878. The van der Waals surface area contributed by atoms with Gasteiger partial charge in [-0.05, 0) is 43.3 Å². The highest BCUT2D eigenvalue weighted by atomic mass is 16.2. The standard InChI is InChI=1S/C32H25NO4/c1-2-33-27-15-13-23(31(36)19-29(34)21-9-5-3-6-10-21)17-25(27)26-18-24(14-16-28(26)33)32(37)20-30(35)22-11-7-4-8-12-22/h3-18H,2,19-20H2,1H3. The summed E-state index contributed by atoms with van der Waals surface area (Å²) in [5.41, 5.74) is 3.79. The van der Waals surface area contributed by atoms with Gasteiger partial charge in [0.1, 0.15) is 0 Å². The lowest BCUT2D eigenvalue weighted by Gasteiger charge is -2.05. The fourth-order valence-corrected chi connectivity index (χ4v) is 4.74. The summed E-state index contributed by atoms with van der Waals surface area (Å²) in [6, 6.07) is 28.4. The summed E-state index contributed by atoms with van der Waals surface area (Å²) in [6.07, 6.45) is -0.430. The second-order valence-corrected chi connectivity index (χ2v) is 8.99. The normalized spacial score (nSPS) is 11.1. The Hall–Kier alpha value is -4.64. The maximum absolute atomic E-state index is 13.0. The molecule has 0 aliphatic carbocycles. The van der Waals surface area contributed by atoms with Crippen LogP contribution in [0.5, 0.6) is 0 Å². The van der Waals surface area contributed by atoms with Crippen LogP contribution in [0.2, 0.25) is 0 Å². The van der Waals surface area contributed by atoms with E-state index in [1.165, 1.54) is 0 Å². The number of fused-ring (bicyclic) bond motifs is 3. The summed E-state index contributed by atoms with van der Waals surface area (Å²) < 4.78 is 2.12. The Bertz CT molecular complexity index is 1540. The third-order valence-corrected chi connectivity index (χ3v) is 6.66. The largest absolute Gasteiger partial charge is 0.341 e. The molecule has 5 aromatic rings. The highest BCUT2D eigenvalue weighted by Crippen LogP contribution is 2.31. The second kappa shape index (κ2) is 10.2. The summed E-state index contributed by atoms with van der Waals surface area (Å²) >= 11 is 0. The molecule has 4 aromatic carbocycles. The lowest BCUT2D eigenvalue weighted by atomic mass is 9.98. The Balaban J connectivity index is 1.48. The molecule has 0 aliphatic heterocycles. The maximum atomic E-state index is 13.0. The molecule has 0 aliphatic rings. The minimum absolute atomic E-state index is 0.215. The molecule has 182 valence electrons. The van der Waals surface area contributed by atoms with E-state index in [1.807, 2.05) is 31.2 Å². The average molecular weight is 488 g/mol. The zero-order valence-electron chi connectivity index (χ0n) is 20.4. The molecule has 5 nitrogen and oxygen atoms in total. The number of benzene rings is 4. The zero-order chi connectivity index (χ0) is 25.9. The van der Waals surface area contributed by atoms with Crippen LogP contribution < -0.4 is 0 Å². The summed E-state index contributed by atoms with van der Waals surface area (Å²) in [4.78, 5) is 51.1. The van der Waals surface area contributed by atoms with E-state index in [9.17, 15) is 19.2 Å². The van der Waals surface area contributed by atoms with Gasteiger partial charge in [0.25, 0.3) is 0 Å². The van der Waals surface area contributed by atoms with Crippen LogP contribution in [0.4, 0.5) is 0 Å². The third-order valence-electron chi connectivity index (χ3n) is 6.66. The first-order chi connectivity index (χ1) is 18.0. The zero-order valence-corrected chi connectivity index (χ0v) is 20.4. The molecule has 0 atom stereocenters. The van der Waals surface area contributed by atoms with Gasteiger partial charge in [-0.2, -0.15) is 0 Å². The van der Waals surface area contributed by atoms with Crippen molar-refractivity contribution in [2.45, 2.75) is 26.3 Å². The number of ketones is 4. The van der Waals surface area contributed by atoms with Crippen LogP contribution in [0.15, 0.2) is 97.1 Å². The SMILES string of the molecule is CCn1c2ccc(C(=O)CC(=O)c3ccccc3)cc2c2cc(C(=O)CC(=O)c3ccccc3)ccc21. The van der Waals surface area contributed by atoms with Crippen molar-refractivity contribution in [2.24, 2.45) is 0 Å². The molecule has 0 spiro atoms. The lowest BCUT2D eigenvalue weighted by Crippen LogP contribution is -2.08. The Morgan fingerprint density at radius 2 is 0.892 bits per heavy atom. The number of aryl methyl sites for hydroxylation is 1. The van der Waals surface area contributed by atoms with Crippen LogP contribution in [0.3, 0.4) is 0 Å². The predicted molar refractivity (Wildman–Crippen MR) is 145 cm³/mol. The highest BCUT2D eigenvalue weighted by Gasteiger charge is 2.19. The Morgan fingerprint density at radius 3 is 1.27 bits per heavy atom. The number of Topliss-reactive ketones (excluding diaryl/α,β-unsaturated/α-hetero) is 4. The molecule has 0 fully saturated rings. The number of hydrogen-bond acceptors (Lipinski definition) is 4. The molecule has 5 rings (SSSR count). The number of nitrogens with zero attached hydrogens (tertiary/aromatic N) is 1. The van der Waals surface area contributed by atoms with Gasteiger partial charge < -0.3 is 4.57 Å². The molecule has 5 heteroatoms. The van der Waals surface area contributed by atoms with Crippen LogP contribution in [-0.4, -0.2) is 27.7 Å². The van der Waals surface area contributed by atoms with Gasteiger partial charge in [-0.25, -0.2) is 0 Å². The van der Waals surface area contributed by atoms with E-state index < -0.39 is 0 Å². The Kier molecular flexibility index (Phi) is 6.60. The van der Waals surface area contributed by atoms with Crippen molar-refractivity contribution >= 4 is 44.9 Å². The van der Waals surface area contributed by atoms with Crippen LogP contribution in [0.25, 0.3) is 21.8 Å². The van der Waals surface area contributed by atoms with Gasteiger partial charge in [-0.15, -0.1) is 0 Å². The van der Waals surface area contributed by atoms with Crippen molar-refractivity contribution in [3.8, 4) is 0 Å². The molecule has 0 bridgehead atoms. The van der Waals surface area contributed by atoms with E-state index in [0.717, 1.165) is 21.8 Å². The summed E-state index contributed by atoms with van der Waals surface area (Å²) in [5, 5.41) is 1.66. The van der Waals surface area contributed by atoms with Crippen LogP contribution >= 0.6 is 0 Å². The van der Waals surface area contributed by atoms with Gasteiger partial charge in [-0.1, -0.05) is 60.7 Å². The van der Waals surface area contributed by atoms with E-state index in [1.54, 1.807) is 72.8 Å². The summed E-state index contributed by atoms with van der Waals surface area (Å²) in [5.74, 6) is -0.960. The Labute approximate surface area is 214 Å². The van der Waals surface area contributed by atoms with E-state index in [0.29, 0.717) is 28.8 Å². The highest BCUT2D eigenvalue weighted by molar-refractivity contribution is 6.18. The van der Waals surface area contributed by atoms with Gasteiger partial charge in [0, 0.05) is 50.6 Å². The van der Waals surface area contributed by atoms with Crippen molar-refractivity contribution < 1.29 is 19.2 Å². The minimum atomic E-state index is -0.256. The number of hydrogen-bond donors (Lipinski definition) is 0. The molecule has 0 N–H and O–H groups in total. The fraction of sp³-hybridized carbons (Fsp3) is 0.125. The first-order valence-corrected chi connectivity index (χ1v) is 12.2. The van der Waals surface area contributed by atoms with Gasteiger partial charge in [0.05, 0.1) is 12.8 Å². The van der Waals surface area contributed by atoms with Crippen LogP contribution in [0, 0.1) is 0 Å². The molecule has 0 saturated heterocycles. The summed E-state index contributed by atoms with van der Waals surface area (Å²) in [7, 11) is 0. The molecule has 0 radical (unpaired) electrons. The molecular formula is C32H25NO4. The number of rotatable bonds is 9. The monoisotopic (exact) mass is 487 g/mol. The first-order valence-electron chi connectivity index (χ1n) is 12.2. The van der Waals surface area contributed by atoms with E-state index in [2.05, 4.69) is 4.57 Å². The van der Waals surface area contributed by atoms with Gasteiger partial charge in [0.2, 0.25) is 0 Å². The second-order valence-electron chi connectivity index (χ2n) is 8.99. The third kappa shape index (κ3) is 4.76. The van der Waals surface area contributed by atoms with Crippen LogP contribution in [-0.2, 0) is 6.54 Å². The van der Waals surface area contributed by atoms with Gasteiger partial charge in [0.15, 0.2) is 23.1 Å². The number of carbonyl (C=O) groups is 4. The van der Waals surface area contributed by atoms with E-state index >= 15 is 0 Å². The predicted octanol–water partition coefficient (Wildman–Crippen LogP) is 6.73. The van der Waals surface area contributed by atoms with Crippen molar-refractivity contribution in [3.63, 3.8) is 0 Å². The van der Waals surface area contributed by atoms with E-state index in [-0.39, 0.29) is 36.0 Å². The summed E-state index contributed by atoms with van der Waals surface area (Å²) in [6.45, 7) is 2.74. The molecule has 0 saturated carbocycles. The average Bonchev–Trinajstić information content (AvgIpc) is 3.26. The van der Waals surface area contributed by atoms with Gasteiger partial charge in [-0.3, -0.25) is 19.2 Å². The molecule has 1 aromatic heterocycles. The molecule has 37 heavy (non-hydrogen) atoms. The number of aromatic nitrogens is 1. The van der Waals surface area contributed by atoms with Crippen molar-refractivity contribution in [3.05, 3.63) is 119 Å². The van der Waals surface area contributed by atoms with Crippen molar-refractivity contribution in [2.75, 3.05) is 0 Å². The van der Waals surface area contributed by atoms with Crippen molar-refractivity contribution in [1.82, 2.24) is 4.57 Å². The smallest absolute Gasteiger partial charge is 0.170 e. The topological polar surface area (TPSA) is 73.2 Å².